The summed E-state index contributed by atoms with van der Waals surface area (Å²) >= 11 is 0. The fraction of sp³-hybridized carbons (Fsp3) is 0.692. The molecule has 1 unspecified atom stereocenters. The molecule has 0 aromatic heterocycles. The number of rotatable bonds is 5. The molecule has 1 nitrogen and oxygen atoms in total. The zero-order valence-electron chi connectivity index (χ0n) is 9.47. The highest BCUT2D eigenvalue weighted by molar-refractivity contribution is 4.99. The molecule has 0 amide bonds. The maximum Gasteiger partial charge on any atom is 0.0174 e. The van der Waals surface area contributed by atoms with Gasteiger partial charge in [-0.1, -0.05) is 19.6 Å². The largest absolute Gasteiger partial charge is 0.375 e. The summed E-state index contributed by atoms with van der Waals surface area (Å²) in [6, 6.07) is 0. The lowest BCUT2D eigenvalue weighted by molar-refractivity contribution is 0.271. The Hall–Kier alpha value is -0.720. The highest BCUT2D eigenvalue weighted by Crippen LogP contribution is 2.21. The Morgan fingerprint density at radius 3 is 2.50 bits per heavy atom. The molecule has 0 aliphatic carbocycles. The second kappa shape index (κ2) is 5.90. The lowest BCUT2D eigenvalue weighted by atomic mass is 9.99. The fourth-order valence-corrected chi connectivity index (χ4v) is 2.04. The normalized spacial score (nSPS) is 19.1. The quantitative estimate of drug-likeness (QED) is 0.603. The number of likely N-dealkylation sites (tertiary alicyclic amines) is 1. The highest BCUT2D eigenvalue weighted by Gasteiger charge is 2.13. The van der Waals surface area contributed by atoms with Crippen molar-refractivity contribution in [3.05, 3.63) is 24.9 Å². The second-order valence-electron chi connectivity index (χ2n) is 4.22. The molecule has 14 heavy (non-hydrogen) atoms. The number of piperidine rings is 1. The molecule has 0 saturated carbocycles. The Bertz CT molecular complexity index is 189. The van der Waals surface area contributed by atoms with Crippen molar-refractivity contribution in [3.8, 4) is 0 Å². The van der Waals surface area contributed by atoms with Gasteiger partial charge in [-0.2, -0.15) is 0 Å². The van der Waals surface area contributed by atoms with Crippen LogP contribution in [-0.4, -0.2) is 18.0 Å². The van der Waals surface area contributed by atoms with Crippen LogP contribution in [0.1, 0.15) is 39.0 Å². The van der Waals surface area contributed by atoms with Crippen LogP contribution in [0.5, 0.6) is 0 Å². The summed E-state index contributed by atoms with van der Waals surface area (Å²) in [5, 5.41) is 0. The van der Waals surface area contributed by atoms with Crippen LogP contribution >= 0.6 is 0 Å². The lowest BCUT2D eigenvalue weighted by Gasteiger charge is -2.31. The van der Waals surface area contributed by atoms with Crippen LogP contribution in [0.4, 0.5) is 0 Å². The van der Waals surface area contributed by atoms with Gasteiger partial charge in [-0.3, -0.25) is 0 Å². The Morgan fingerprint density at radius 2 is 2.00 bits per heavy atom. The molecule has 1 saturated heterocycles. The van der Waals surface area contributed by atoms with Crippen molar-refractivity contribution in [3.63, 3.8) is 0 Å². The van der Waals surface area contributed by atoms with Gasteiger partial charge in [0, 0.05) is 18.8 Å². The molecular weight excluding hydrogens is 170 g/mol. The Kier molecular flexibility index (Phi) is 4.78. The van der Waals surface area contributed by atoms with Gasteiger partial charge >= 0.3 is 0 Å². The zero-order chi connectivity index (χ0) is 10.4. The molecule has 0 aromatic rings. The maximum atomic E-state index is 4.19. The van der Waals surface area contributed by atoms with E-state index in [9.17, 15) is 0 Å². The van der Waals surface area contributed by atoms with E-state index in [1.165, 1.54) is 44.5 Å². The molecule has 0 spiro atoms. The van der Waals surface area contributed by atoms with Crippen LogP contribution < -0.4 is 0 Å². The van der Waals surface area contributed by atoms with E-state index in [0.717, 1.165) is 6.42 Å². The minimum atomic E-state index is 0.615. The van der Waals surface area contributed by atoms with Crippen molar-refractivity contribution in [2.45, 2.75) is 39.0 Å². The van der Waals surface area contributed by atoms with Gasteiger partial charge in [0.05, 0.1) is 0 Å². The smallest absolute Gasteiger partial charge is 0.0174 e. The molecule has 0 radical (unpaired) electrons. The first-order valence-electron chi connectivity index (χ1n) is 5.83. The first-order chi connectivity index (χ1) is 6.77. The summed E-state index contributed by atoms with van der Waals surface area (Å²) in [7, 11) is 0. The van der Waals surface area contributed by atoms with Gasteiger partial charge < -0.3 is 4.90 Å². The third-order valence-electron chi connectivity index (χ3n) is 3.16. The molecule has 1 aliphatic heterocycles. The van der Waals surface area contributed by atoms with Crippen LogP contribution in [0.25, 0.3) is 0 Å². The molecule has 1 rings (SSSR count). The summed E-state index contributed by atoms with van der Waals surface area (Å²) in [5.74, 6) is 0.615. The lowest BCUT2D eigenvalue weighted by Crippen LogP contribution is -2.29. The second-order valence-corrected chi connectivity index (χ2v) is 4.22. The first-order valence-corrected chi connectivity index (χ1v) is 5.83. The van der Waals surface area contributed by atoms with E-state index in [4.69, 9.17) is 0 Å². The SMILES string of the molecule is C=CC(CC)CC(=C)N1CCCCC1. The summed E-state index contributed by atoms with van der Waals surface area (Å²) in [5.41, 5.74) is 1.32. The van der Waals surface area contributed by atoms with Gasteiger partial charge in [0.15, 0.2) is 0 Å². The molecular formula is C13H23N. The van der Waals surface area contributed by atoms with Crippen molar-refractivity contribution >= 4 is 0 Å². The third kappa shape index (κ3) is 3.21. The van der Waals surface area contributed by atoms with E-state index in [2.05, 4.69) is 31.1 Å². The monoisotopic (exact) mass is 193 g/mol. The van der Waals surface area contributed by atoms with Crippen LogP contribution in [0.3, 0.4) is 0 Å². The number of allylic oxidation sites excluding steroid dienone is 2. The highest BCUT2D eigenvalue weighted by atomic mass is 15.1. The van der Waals surface area contributed by atoms with Gasteiger partial charge in [0.25, 0.3) is 0 Å². The summed E-state index contributed by atoms with van der Waals surface area (Å²) in [6.45, 7) is 12.7. The Morgan fingerprint density at radius 1 is 1.36 bits per heavy atom. The molecule has 1 aliphatic rings. The van der Waals surface area contributed by atoms with E-state index < -0.39 is 0 Å². The van der Waals surface area contributed by atoms with E-state index in [0.29, 0.717) is 5.92 Å². The van der Waals surface area contributed by atoms with Gasteiger partial charge in [-0.25, -0.2) is 0 Å². The average molecular weight is 193 g/mol. The Balaban J connectivity index is 2.35. The Labute approximate surface area is 88.5 Å². The fourth-order valence-electron chi connectivity index (χ4n) is 2.04. The van der Waals surface area contributed by atoms with Crippen molar-refractivity contribution < 1.29 is 0 Å². The predicted molar refractivity (Wildman–Crippen MR) is 63.2 cm³/mol. The molecule has 1 fully saturated rings. The topological polar surface area (TPSA) is 3.24 Å². The van der Waals surface area contributed by atoms with Gasteiger partial charge in [-0.15, -0.1) is 6.58 Å². The summed E-state index contributed by atoms with van der Waals surface area (Å²) < 4.78 is 0. The van der Waals surface area contributed by atoms with E-state index in [1.807, 2.05) is 0 Å². The molecule has 1 atom stereocenters. The minimum absolute atomic E-state index is 0.615. The number of nitrogens with zero attached hydrogens (tertiary/aromatic N) is 1. The number of hydrogen-bond acceptors (Lipinski definition) is 1. The van der Waals surface area contributed by atoms with Crippen LogP contribution in [-0.2, 0) is 0 Å². The van der Waals surface area contributed by atoms with Crippen molar-refractivity contribution in [2.75, 3.05) is 13.1 Å². The van der Waals surface area contributed by atoms with Crippen molar-refractivity contribution in [1.82, 2.24) is 4.90 Å². The van der Waals surface area contributed by atoms with Crippen LogP contribution in [0, 0.1) is 5.92 Å². The van der Waals surface area contributed by atoms with Gasteiger partial charge in [-0.05, 0) is 38.0 Å². The maximum absolute atomic E-state index is 4.19. The standard InChI is InChI=1S/C13H23N/c1-4-13(5-2)11-12(3)14-9-7-6-8-10-14/h4,13H,1,3,5-11H2,2H3. The predicted octanol–water partition coefficient (Wildman–Crippen LogP) is 3.59. The van der Waals surface area contributed by atoms with Crippen LogP contribution in [0.2, 0.25) is 0 Å². The van der Waals surface area contributed by atoms with Gasteiger partial charge in [0.2, 0.25) is 0 Å². The number of hydrogen-bond donors (Lipinski definition) is 0. The molecule has 0 bridgehead atoms. The van der Waals surface area contributed by atoms with Gasteiger partial charge in [0.1, 0.15) is 0 Å². The minimum Gasteiger partial charge on any atom is -0.375 e. The van der Waals surface area contributed by atoms with Crippen LogP contribution in [0.15, 0.2) is 24.9 Å². The molecule has 1 heterocycles. The summed E-state index contributed by atoms with van der Waals surface area (Å²) in [6.07, 6.45) is 8.40. The van der Waals surface area contributed by atoms with E-state index in [-0.39, 0.29) is 0 Å². The third-order valence-corrected chi connectivity index (χ3v) is 3.16. The van der Waals surface area contributed by atoms with E-state index >= 15 is 0 Å². The molecule has 80 valence electrons. The zero-order valence-corrected chi connectivity index (χ0v) is 9.47. The van der Waals surface area contributed by atoms with E-state index in [1.54, 1.807) is 0 Å². The average Bonchev–Trinajstić information content (AvgIpc) is 2.26. The molecule has 0 N–H and O–H groups in total. The molecule has 0 aromatic carbocycles. The summed E-state index contributed by atoms with van der Waals surface area (Å²) in [4.78, 5) is 2.45. The van der Waals surface area contributed by atoms with Crippen molar-refractivity contribution in [2.24, 2.45) is 5.92 Å². The van der Waals surface area contributed by atoms with Crippen molar-refractivity contribution in [1.29, 1.82) is 0 Å². The molecule has 1 heteroatoms. The first kappa shape index (κ1) is 11.4.